The van der Waals surface area contributed by atoms with Crippen LogP contribution in [0.15, 0.2) is 22.7 Å². The number of oxazole rings is 1. The maximum absolute atomic E-state index is 12.4. The molecule has 35 heavy (non-hydrogen) atoms. The molecule has 0 unspecified atom stereocenters. The Balaban J connectivity index is 1.16. The topological polar surface area (TPSA) is 89.7 Å². The normalized spacial score (nSPS) is 21.3. The fraction of sp³-hybridized carbons (Fsp3) is 0.625. The molecule has 2 aromatic rings. The minimum atomic E-state index is -4.38. The van der Waals surface area contributed by atoms with Crippen LogP contribution in [0.4, 0.5) is 13.2 Å². The molecule has 1 N–H and O–H groups in total. The van der Waals surface area contributed by atoms with Gasteiger partial charge in [0.2, 0.25) is 11.8 Å². The van der Waals surface area contributed by atoms with Gasteiger partial charge in [0.05, 0.1) is 31.4 Å². The van der Waals surface area contributed by atoms with Crippen molar-refractivity contribution in [2.24, 2.45) is 0 Å². The number of amides is 1. The molecule has 1 saturated heterocycles. The number of rotatable bonds is 8. The number of alkyl halides is 3. The number of pyridine rings is 1. The molecule has 2 aliphatic rings. The standard InChI is InChI=1S/C24H31F3N4O4/c1-16-28-13-20(35-16)12-22(32)29-18-3-4-19(33-14-18)7-10-31-9-6-17-2-5-23(30-21(17)8-11-31)34-15-24(25,26)27/h2,5,13,18-19H,3-4,6-12,14-15H2,1H3,(H,29,32)/t18-,19+/m0/s1. The van der Waals surface area contributed by atoms with Gasteiger partial charge in [0, 0.05) is 44.7 Å². The molecule has 4 rings (SSSR count). The fourth-order valence-corrected chi connectivity index (χ4v) is 4.47. The summed E-state index contributed by atoms with van der Waals surface area (Å²) in [5, 5.41) is 3.00. The Bertz CT molecular complexity index is 989. The third-order valence-electron chi connectivity index (χ3n) is 6.30. The predicted octanol–water partition coefficient (Wildman–Crippen LogP) is 3.02. The number of halogens is 3. The van der Waals surface area contributed by atoms with E-state index in [9.17, 15) is 18.0 Å². The molecule has 1 amide bonds. The predicted molar refractivity (Wildman–Crippen MR) is 120 cm³/mol. The van der Waals surface area contributed by atoms with Gasteiger partial charge in [-0.15, -0.1) is 0 Å². The van der Waals surface area contributed by atoms with Crippen LogP contribution in [0.1, 0.15) is 42.2 Å². The number of fused-ring (bicyclic) bond motifs is 1. The van der Waals surface area contributed by atoms with Gasteiger partial charge in [0.15, 0.2) is 12.5 Å². The third-order valence-corrected chi connectivity index (χ3v) is 6.30. The van der Waals surface area contributed by atoms with Crippen molar-refractivity contribution in [1.29, 1.82) is 0 Å². The van der Waals surface area contributed by atoms with Crippen molar-refractivity contribution in [3.8, 4) is 5.88 Å². The van der Waals surface area contributed by atoms with E-state index in [0.717, 1.165) is 56.6 Å². The Morgan fingerprint density at radius 2 is 2.09 bits per heavy atom. The van der Waals surface area contributed by atoms with Crippen LogP contribution in [0.25, 0.3) is 0 Å². The summed E-state index contributed by atoms with van der Waals surface area (Å²) < 4.78 is 53.3. The Morgan fingerprint density at radius 3 is 2.80 bits per heavy atom. The number of ether oxygens (including phenoxy) is 2. The molecule has 11 heteroatoms. The van der Waals surface area contributed by atoms with E-state index in [4.69, 9.17) is 13.9 Å². The van der Waals surface area contributed by atoms with Gasteiger partial charge in [0.25, 0.3) is 0 Å². The second-order valence-electron chi connectivity index (χ2n) is 9.11. The van der Waals surface area contributed by atoms with E-state index >= 15 is 0 Å². The Hall–Kier alpha value is -2.66. The van der Waals surface area contributed by atoms with E-state index in [1.54, 1.807) is 13.1 Å². The van der Waals surface area contributed by atoms with Gasteiger partial charge in [-0.25, -0.2) is 9.97 Å². The summed E-state index contributed by atoms with van der Waals surface area (Å²) in [7, 11) is 0. The average molecular weight is 497 g/mol. The van der Waals surface area contributed by atoms with Crippen molar-refractivity contribution >= 4 is 5.91 Å². The molecule has 0 saturated carbocycles. The number of carbonyl (C=O) groups is 1. The molecule has 0 radical (unpaired) electrons. The summed E-state index contributed by atoms with van der Waals surface area (Å²) >= 11 is 0. The fourth-order valence-electron chi connectivity index (χ4n) is 4.47. The first-order valence-electron chi connectivity index (χ1n) is 12.0. The lowest BCUT2D eigenvalue weighted by atomic mass is 10.0. The zero-order chi connectivity index (χ0) is 24.8. The van der Waals surface area contributed by atoms with Gasteiger partial charge < -0.3 is 24.1 Å². The largest absolute Gasteiger partial charge is 0.468 e. The van der Waals surface area contributed by atoms with Crippen LogP contribution in [0.3, 0.4) is 0 Å². The molecular formula is C24H31F3N4O4. The van der Waals surface area contributed by atoms with Crippen LogP contribution >= 0.6 is 0 Å². The molecule has 2 atom stereocenters. The van der Waals surface area contributed by atoms with Gasteiger partial charge in [0.1, 0.15) is 5.76 Å². The van der Waals surface area contributed by atoms with Crippen molar-refractivity contribution in [3.05, 3.63) is 41.2 Å². The summed E-state index contributed by atoms with van der Waals surface area (Å²) in [4.78, 5) is 22.9. The first kappa shape index (κ1) is 25.4. The maximum atomic E-state index is 12.4. The highest BCUT2D eigenvalue weighted by molar-refractivity contribution is 5.78. The lowest BCUT2D eigenvalue weighted by Gasteiger charge is -2.31. The molecule has 2 aromatic heterocycles. The van der Waals surface area contributed by atoms with E-state index < -0.39 is 12.8 Å². The van der Waals surface area contributed by atoms with Gasteiger partial charge in [-0.3, -0.25) is 4.79 Å². The van der Waals surface area contributed by atoms with Crippen molar-refractivity contribution in [3.63, 3.8) is 0 Å². The molecule has 4 heterocycles. The summed E-state index contributed by atoms with van der Waals surface area (Å²) in [6.45, 7) is 3.42. The second kappa shape index (κ2) is 11.4. The molecule has 0 aliphatic carbocycles. The quantitative estimate of drug-likeness (QED) is 0.601. The van der Waals surface area contributed by atoms with Crippen molar-refractivity contribution in [1.82, 2.24) is 20.2 Å². The molecule has 8 nitrogen and oxygen atoms in total. The van der Waals surface area contributed by atoms with E-state index in [2.05, 4.69) is 20.2 Å². The minimum Gasteiger partial charge on any atom is -0.468 e. The van der Waals surface area contributed by atoms with E-state index in [1.165, 1.54) is 6.07 Å². The number of aromatic nitrogens is 2. The zero-order valence-corrected chi connectivity index (χ0v) is 19.8. The highest BCUT2D eigenvalue weighted by Crippen LogP contribution is 2.22. The molecule has 2 aliphatic heterocycles. The van der Waals surface area contributed by atoms with Crippen molar-refractivity contribution in [2.45, 2.75) is 63.8 Å². The first-order valence-corrected chi connectivity index (χ1v) is 12.0. The van der Waals surface area contributed by atoms with Gasteiger partial charge in [-0.05, 0) is 31.2 Å². The number of nitrogens with one attached hydrogen (secondary N) is 1. The molecule has 192 valence electrons. The smallest absolute Gasteiger partial charge is 0.422 e. The summed E-state index contributed by atoms with van der Waals surface area (Å²) in [6, 6.07) is 3.33. The van der Waals surface area contributed by atoms with Crippen molar-refractivity contribution in [2.75, 3.05) is 32.8 Å². The first-order chi connectivity index (χ1) is 16.7. The lowest BCUT2D eigenvalue weighted by Crippen LogP contribution is -2.44. The summed E-state index contributed by atoms with van der Waals surface area (Å²) in [5.74, 6) is 1.01. The highest BCUT2D eigenvalue weighted by Gasteiger charge is 2.29. The third kappa shape index (κ3) is 7.93. The van der Waals surface area contributed by atoms with Gasteiger partial charge >= 0.3 is 6.18 Å². The van der Waals surface area contributed by atoms with Gasteiger partial charge in [-0.1, -0.05) is 6.07 Å². The molecule has 0 bridgehead atoms. The number of hydrogen-bond acceptors (Lipinski definition) is 7. The Morgan fingerprint density at radius 1 is 1.26 bits per heavy atom. The number of aryl methyl sites for hydroxylation is 1. The minimum absolute atomic E-state index is 0.00436. The number of carbonyl (C=O) groups excluding carboxylic acids is 1. The Kier molecular flexibility index (Phi) is 8.27. The molecule has 0 spiro atoms. The molecular weight excluding hydrogens is 465 g/mol. The highest BCUT2D eigenvalue weighted by atomic mass is 19.4. The van der Waals surface area contributed by atoms with Crippen LogP contribution in [0.2, 0.25) is 0 Å². The monoisotopic (exact) mass is 496 g/mol. The van der Waals surface area contributed by atoms with E-state index in [0.29, 0.717) is 24.7 Å². The summed E-state index contributed by atoms with van der Waals surface area (Å²) in [5.41, 5.74) is 1.86. The molecule has 1 fully saturated rings. The SMILES string of the molecule is Cc1ncc(CC(=O)N[C@H]2CC[C@H](CCN3CCc4ccc(OCC(F)(F)F)nc4CC3)OC2)o1. The molecule has 0 aromatic carbocycles. The summed E-state index contributed by atoms with van der Waals surface area (Å²) in [6.07, 6.45) is 1.60. The maximum Gasteiger partial charge on any atom is 0.422 e. The number of nitrogens with zero attached hydrogens (tertiary/aromatic N) is 3. The van der Waals surface area contributed by atoms with Gasteiger partial charge in [-0.2, -0.15) is 13.2 Å². The van der Waals surface area contributed by atoms with Crippen molar-refractivity contribution < 1.29 is 31.9 Å². The lowest BCUT2D eigenvalue weighted by molar-refractivity contribution is -0.154. The Labute approximate surface area is 202 Å². The second-order valence-corrected chi connectivity index (χ2v) is 9.11. The van der Waals surface area contributed by atoms with Crippen LogP contribution in [0.5, 0.6) is 5.88 Å². The average Bonchev–Trinajstić information content (AvgIpc) is 3.10. The zero-order valence-electron chi connectivity index (χ0n) is 19.8. The van der Waals surface area contributed by atoms with Crippen LogP contribution in [-0.2, 0) is 28.8 Å². The van der Waals surface area contributed by atoms with Crippen LogP contribution in [-0.4, -0.2) is 71.9 Å². The van der Waals surface area contributed by atoms with E-state index in [-0.39, 0.29) is 30.4 Å². The van der Waals surface area contributed by atoms with Crippen LogP contribution < -0.4 is 10.1 Å². The number of hydrogen-bond donors (Lipinski definition) is 1. The van der Waals surface area contributed by atoms with E-state index in [1.807, 2.05) is 6.07 Å². The van der Waals surface area contributed by atoms with Crippen LogP contribution in [0, 0.1) is 6.92 Å².